The topological polar surface area (TPSA) is 75.4 Å². The Kier molecular flexibility index (Phi) is 6.35. The van der Waals surface area contributed by atoms with Crippen molar-refractivity contribution in [2.24, 2.45) is 5.73 Å². The van der Waals surface area contributed by atoms with Gasteiger partial charge in [-0.2, -0.15) is 17.4 Å². The van der Waals surface area contributed by atoms with Crippen molar-refractivity contribution in [1.29, 1.82) is 0 Å². The highest BCUT2D eigenvalue weighted by Crippen LogP contribution is 2.04. The van der Waals surface area contributed by atoms with Crippen molar-refractivity contribution in [1.82, 2.24) is 9.03 Å². The molecule has 0 rings (SSSR count). The standard InChI is InChI=1S/C9H23N3O2S/c1-8(2)12(4)15(13,14)11-9(3)6-5-7-10/h8-9,11H,5-7,10H2,1-4H3. The van der Waals surface area contributed by atoms with E-state index in [1.807, 2.05) is 20.8 Å². The highest BCUT2D eigenvalue weighted by atomic mass is 32.2. The summed E-state index contributed by atoms with van der Waals surface area (Å²) >= 11 is 0. The van der Waals surface area contributed by atoms with E-state index in [1.165, 1.54) is 4.31 Å². The average molecular weight is 237 g/mol. The molecule has 0 fully saturated rings. The molecule has 0 saturated heterocycles. The lowest BCUT2D eigenvalue weighted by Gasteiger charge is -2.23. The number of hydrogen-bond acceptors (Lipinski definition) is 3. The van der Waals surface area contributed by atoms with Crippen LogP contribution in [0.3, 0.4) is 0 Å². The lowest BCUT2D eigenvalue weighted by Crippen LogP contribution is -2.45. The summed E-state index contributed by atoms with van der Waals surface area (Å²) in [6.45, 7) is 6.11. The minimum absolute atomic E-state index is 0.0378. The van der Waals surface area contributed by atoms with E-state index >= 15 is 0 Å². The maximum atomic E-state index is 11.7. The minimum Gasteiger partial charge on any atom is -0.330 e. The highest BCUT2D eigenvalue weighted by Gasteiger charge is 2.21. The normalized spacial score (nSPS) is 14.9. The van der Waals surface area contributed by atoms with Crippen LogP contribution in [0.25, 0.3) is 0 Å². The summed E-state index contributed by atoms with van der Waals surface area (Å²) in [5.74, 6) is 0. The van der Waals surface area contributed by atoms with Crippen molar-refractivity contribution in [3.8, 4) is 0 Å². The van der Waals surface area contributed by atoms with Crippen molar-refractivity contribution in [3.05, 3.63) is 0 Å². The number of nitrogens with zero attached hydrogens (tertiary/aromatic N) is 1. The van der Waals surface area contributed by atoms with Gasteiger partial charge >= 0.3 is 0 Å². The molecule has 15 heavy (non-hydrogen) atoms. The second-order valence-corrected chi connectivity index (χ2v) is 5.83. The van der Waals surface area contributed by atoms with Crippen LogP contribution in [0, 0.1) is 0 Å². The Balaban J connectivity index is 4.25. The number of nitrogens with two attached hydrogens (primary N) is 1. The summed E-state index contributed by atoms with van der Waals surface area (Å²) in [4.78, 5) is 0. The summed E-state index contributed by atoms with van der Waals surface area (Å²) < 4.78 is 27.4. The summed E-state index contributed by atoms with van der Waals surface area (Å²) in [6.07, 6.45) is 1.59. The van der Waals surface area contributed by atoms with E-state index in [9.17, 15) is 8.42 Å². The first-order valence-electron chi connectivity index (χ1n) is 5.26. The molecule has 0 spiro atoms. The van der Waals surface area contributed by atoms with Gasteiger partial charge in [0.2, 0.25) is 0 Å². The molecule has 1 atom stereocenters. The SMILES string of the molecule is CC(CCCN)NS(=O)(=O)N(C)C(C)C. The van der Waals surface area contributed by atoms with Crippen molar-refractivity contribution in [3.63, 3.8) is 0 Å². The molecule has 0 bridgehead atoms. The summed E-state index contributed by atoms with van der Waals surface area (Å²) in [5, 5.41) is 0. The summed E-state index contributed by atoms with van der Waals surface area (Å²) in [5.41, 5.74) is 5.36. The molecule has 0 aliphatic rings. The Morgan fingerprint density at radius 2 is 1.87 bits per heavy atom. The molecule has 0 aliphatic heterocycles. The van der Waals surface area contributed by atoms with E-state index < -0.39 is 10.2 Å². The Morgan fingerprint density at radius 3 is 2.27 bits per heavy atom. The van der Waals surface area contributed by atoms with Gasteiger partial charge in [0.25, 0.3) is 10.2 Å². The van der Waals surface area contributed by atoms with Crippen LogP contribution in [0.4, 0.5) is 0 Å². The van der Waals surface area contributed by atoms with E-state index in [1.54, 1.807) is 7.05 Å². The fraction of sp³-hybridized carbons (Fsp3) is 1.00. The monoisotopic (exact) mass is 237 g/mol. The predicted octanol–water partition coefficient (Wildman–Crippen LogP) is 0.288. The van der Waals surface area contributed by atoms with Crippen molar-refractivity contribution in [2.45, 2.75) is 45.7 Å². The zero-order valence-electron chi connectivity index (χ0n) is 10.0. The van der Waals surface area contributed by atoms with Gasteiger partial charge in [-0.15, -0.1) is 0 Å². The second-order valence-electron chi connectivity index (χ2n) is 4.06. The van der Waals surface area contributed by atoms with Gasteiger partial charge in [0.05, 0.1) is 0 Å². The largest absolute Gasteiger partial charge is 0.330 e. The number of hydrogen-bond donors (Lipinski definition) is 2. The lowest BCUT2D eigenvalue weighted by molar-refractivity contribution is 0.395. The lowest BCUT2D eigenvalue weighted by atomic mass is 10.2. The Morgan fingerprint density at radius 1 is 1.33 bits per heavy atom. The molecule has 1 unspecified atom stereocenters. The molecule has 0 aliphatic carbocycles. The van der Waals surface area contributed by atoms with Gasteiger partial charge in [0.15, 0.2) is 0 Å². The molecule has 0 aromatic rings. The van der Waals surface area contributed by atoms with Crippen LogP contribution >= 0.6 is 0 Å². The zero-order valence-corrected chi connectivity index (χ0v) is 10.8. The second kappa shape index (κ2) is 6.42. The molecule has 0 aromatic carbocycles. The van der Waals surface area contributed by atoms with E-state index in [-0.39, 0.29) is 12.1 Å². The zero-order chi connectivity index (χ0) is 12.1. The van der Waals surface area contributed by atoms with Gasteiger partial charge in [-0.05, 0) is 40.2 Å². The molecule has 0 saturated carbocycles. The van der Waals surface area contributed by atoms with Gasteiger partial charge in [-0.25, -0.2) is 0 Å². The number of rotatable bonds is 7. The molecule has 0 radical (unpaired) electrons. The van der Waals surface area contributed by atoms with Crippen LogP contribution in [-0.4, -0.2) is 38.4 Å². The van der Waals surface area contributed by atoms with E-state index in [0.29, 0.717) is 6.54 Å². The molecule has 0 aromatic heterocycles. The fourth-order valence-electron chi connectivity index (χ4n) is 1.10. The maximum Gasteiger partial charge on any atom is 0.279 e. The summed E-state index contributed by atoms with van der Waals surface area (Å²) in [7, 11) is -1.77. The Labute approximate surface area is 93.2 Å². The Bertz CT molecular complexity index is 265. The third kappa shape index (κ3) is 5.46. The fourth-order valence-corrected chi connectivity index (χ4v) is 2.45. The van der Waals surface area contributed by atoms with Crippen LogP contribution in [0.2, 0.25) is 0 Å². The van der Waals surface area contributed by atoms with Gasteiger partial charge < -0.3 is 5.73 Å². The van der Waals surface area contributed by atoms with Crippen molar-refractivity contribution in [2.75, 3.05) is 13.6 Å². The van der Waals surface area contributed by atoms with Crippen molar-refractivity contribution >= 4 is 10.2 Å². The van der Waals surface area contributed by atoms with Gasteiger partial charge in [-0.1, -0.05) is 0 Å². The van der Waals surface area contributed by atoms with E-state index in [0.717, 1.165) is 12.8 Å². The first kappa shape index (κ1) is 14.8. The molecule has 0 amide bonds. The molecular formula is C9H23N3O2S. The smallest absolute Gasteiger partial charge is 0.279 e. The van der Waals surface area contributed by atoms with Crippen LogP contribution < -0.4 is 10.5 Å². The highest BCUT2D eigenvalue weighted by molar-refractivity contribution is 7.87. The summed E-state index contributed by atoms with van der Waals surface area (Å²) in [6, 6.07) is -0.107. The van der Waals surface area contributed by atoms with E-state index in [2.05, 4.69) is 4.72 Å². The Hall–Kier alpha value is -0.170. The molecule has 5 nitrogen and oxygen atoms in total. The molecule has 6 heteroatoms. The average Bonchev–Trinajstić information content (AvgIpc) is 2.12. The molecular weight excluding hydrogens is 214 g/mol. The predicted molar refractivity (Wildman–Crippen MR) is 62.7 cm³/mol. The quantitative estimate of drug-likeness (QED) is 0.668. The molecule has 3 N–H and O–H groups in total. The maximum absolute atomic E-state index is 11.7. The van der Waals surface area contributed by atoms with Gasteiger partial charge in [0, 0.05) is 19.1 Å². The van der Waals surface area contributed by atoms with Crippen molar-refractivity contribution < 1.29 is 8.42 Å². The third-order valence-corrected chi connectivity index (χ3v) is 4.18. The van der Waals surface area contributed by atoms with Gasteiger partial charge in [0.1, 0.15) is 0 Å². The van der Waals surface area contributed by atoms with E-state index in [4.69, 9.17) is 5.73 Å². The van der Waals surface area contributed by atoms with Crippen LogP contribution in [0.5, 0.6) is 0 Å². The molecule has 92 valence electrons. The third-order valence-electron chi connectivity index (χ3n) is 2.30. The van der Waals surface area contributed by atoms with Crippen LogP contribution in [0.15, 0.2) is 0 Å². The first-order valence-corrected chi connectivity index (χ1v) is 6.70. The minimum atomic E-state index is -3.35. The van der Waals surface area contributed by atoms with Crippen LogP contribution in [-0.2, 0) is 10.2 Å². The molecule has 0 heterocycles. The number of nitrogens with one attached hydrogen (secondary N) is 1. The van der Waals surface area contributed by atoms with Crippen LogP contribution in [0.1, 0.15) is 33.6 Å². The first-order chi connectivity index (χ1) is 6.81. The van der Waals surface area contributed by atoms with Gasteiger partial charge in [-0.3, -0.25) is 0 Å².